The smallest absolute Gasteiger partial charge is 0.277 e. The number of nitrogens with zero attached hydrogens (tertiary/aromatic N) is 3. The highest BCUT2D eigenvalue weighted by atomic mass is 32.2. The Morgan fingerprint density at radius 3 is 2.64 bits per heavy atom. The minimum Gasteiger partial charge on any atom is -0.411 e. The zero-order chi connectivity index (χ0) is 22.9. The molecule has 0 radical (unpaired) electrons. The number of carbonyl (C=O) groups is 1. The lowest BCUT2D eigenvalue weighted by atomic mass is 10.2. The molecule has 0 fully saturated rings. The van der Waals surface area contributed by atoms with Gasteiger partial charge in [0.15, 0.2) is 0 Å². The number of allylic oxidation sites excluding steroid dienone is 1. The zero-order valence-corrected chi connectivity index (χ0v) is 18.8. The number of amides is 1. The fourth-order valence-corrected chi connectivity index (χ4v) is 3.53. The van der Waals surface area contributed by atoms with Crippen molar-refractivity contribution in [3.8, 4) is 11.5 Å². The third kappa shape index (κ3) is 6.75. The van der Waals surface area contributed by atoms with Gasteiger partial charge < -0.3 is 9.73 Å². The van der Waals surface area contributed by atoms with Crippen LogP contribution in [-0.2, 0) is 4.79 Å². The van der Waals surface area contributed by atoms with Gasteiger partial charge in [-0.1, -0.05) is 60.3 Å². The molecule has 0 unspecified atom stereocenters. The molecule has 0 aliphatic carbocycles. The number of rotatable bonds is 8. The van der Waals surface area contributed by atoms with E-state index in [-0.39, 0.29) is 11.7 Å². The molecular weight excluding hydrogens is 432 g/mol. The second-order valence-electron chi connectivity index (χ2n) is 7.17. The van der Waals surface area contributed by atoms with E-state index in [0.29, 0.717) is 11.1 Å². The molecule has 0 spiro atoms. The van der Waals surface area contributed by atoms with E-state index in [9.17, 15) is 4.79 Å². The predicted octanol–water partition coefficient (Wildman–Crippen LogP) is 6.19. The number of nitrogens with one attached hydrogen (secondary N) is 1. The number of aryl methyl sites for hydroxylation is 1. The minimum atomic E-state index is -0.131. The minimum absolute atomic E-state index is 0.131. The third-order valence-corrected chi connectivity index (χ3v) is 5.37. The lowest BCUT2D eigenvalue weighted by Gasteiger charge is -2.04. The molecular formula is C26H22N4O2S. The lowest BCUT2D eigenvalue weighted by molar-refractivity contribution is -0.113. The maximum Gasteiger partial charge on any atom is 0.277 e. The number of anilines is 1. The van der Waals surface area contributed by atoms with Gasteiger partial charge in [0.05, 0.1) is 11.4 Å². The Labute approximate surface area is 196 Å². The van der Waals surface area contributed by atoms with Gasteiger partial charge in [-0.3, -0.25) is 9.79 Å². The molecule has 1 N–H and O–H groups in total. The van der Waals surface area contributed by atoms with Gasteiger partial charge in [-0.2, -0.15) is 0 Å². The van der Waals surface area contributed by atoms with Crippen LogP contribution in [0.1, 0.15) is 11.1 Å². The summed E-state index contributed by atoms with van der Waals surface area (Å²) in [5.41, 5.74) is 4.58. The molecule has 0 saturated heterocycles. The monoisotopic (exact) mass is 454 g/mol. The Bertz CT molecular complexity index is 1260. The Balaban J connectivity index is 1.29. The molecule has 0 saturated carbocycles. The first-order chi connectivity index (χ1) is 16.2. The molecule has 0 bridgehead atoms. The fraction of sp³-hybridized carbons (Fsp3) is 0.0769. The summed E-state index contributed by atoms with van der Waals surface area (Å²) < 4.78 is 5.69. The van der Waals surface area contributed by atoms with Crippen LogP contribution in [0.25, 0.3) is 17.5 Å². The Kier molecular flexibility index (Phi) is 7.45. The molecule has 4 aromatic rings. The van der Waals surface area contributed by atoms with Crippen LogP contribution < -0.4 is 5.32 Å². The Morgan fingerprint density at radius 2 is 1.85 bits per heavy atom. The van der Waals surface area contributed by atoms with Crippen LogP contribution in [-0.4, -0.2) is 28.1 Å². The lowest BCUT2D eigenvalue weighted by Crippen LogP contribution is -2.13. The number of hydrogen-bond acceptors (Lipinski definition) is 6. The summed E-state index contributed by atoms with van der Waals surface area (Å²) in [6.45, 7) is 1.98. The Hall–Kier alpha value is -3.97. The van der Waals surface area contributed by atoms with E-state index in [4.69, 9.17) is 4.42 Å². The predicted molar refractivity (Wildman–Crippen MR) is 134 cm³/mol. The molecule has 7 heteroatoms. The van der Waals surface area contributed by atoms with E-state index in [1.165, 1.54) is 11.8 Å². The second kappa shape index (κ2) is 11.1. The van der Waals surface area contributed by atoms with E-state index in [0.717, 1.165) is 28.1 Å². The summed E-state index contributed by atoms with van der Waals surface area (Å²) in [6, 6.07) is 25.2. The van der Waals surface area contributed by atoms with Gasteiger partial charge in [-0.25, -0.2) is 0 Å². The van der Waals surface area contributed by atoms with Gasteiger partial charge in [0.2, 0.25) is 11.8 Å². The molecule has 1 aromatic heterocycles. The second-order valence-corrected chi connectivity index (χ2v) is 8.10. The standard InChI is InChI=1S/C26H22N4O2S/c1-19-7-5-11-23(17-19)28-24(31)18-33-26-30-29-25(32-26)21-12-14-22(15-13-21)27-16-6-10-20-8-3-2-4-9-20/h2-17H,18H2,1H3,(H,28,31)/b10-6+,27-16?. The van der Waals surface area contributed by atoms with Crippen molar-refractivity contribution in [3.05, 3.63) is 96.1 Å². The molecule has 33 heavy (non-hydrogen) atoms. The Morgan fingerprint density at radius 1 is 1.03 bits per heavy atom. The fourth-order valence-electron chi connectivity index (χ4n) is 2.97. The van der Waals surface area contributed by atoms with Crippen molar-refractivity contribution in [2.45, 2.75) is 12.1 Å². The summed E-state index contributed by atoms with van der Waals surface area (Å²) >= 11 is 1.20. The van der Waals surface area contributed by atoms with Crippen molar-refractivity contribution >= 4 is 41.3 Å². The molecule has 0 atom stereocenters. The third-order valence-electron chi connectivity index (χ3n) is 4.55. The van der Waals surface area contributed by atoms with E-state index >= 15 is 0 Å². The first-order valence-electron chi connectivity index (χ1n) is 10.3. The molecule has 1 amide bonds. The zero-order valence-electron chi connectivity index (χ0n) is 18.0. The SMILES string of the molecule is Cc1cccc(NC(=O)CSc2nnc(-c3ccc(N=C/C=C/c4ccccc4)cc3)o2)c1. The van der Waals surface area contributed by atoms with E-state index in [2.05, 4.69) is 20.5 Å². The topological polar surface area (TPSA) is 80.4 Å². The quantitative estimate of drug-likeness (QED) is 0.254. The number of thioether (sulfide) groups is 1. The summed E-state index contributed by atoms with van der Waals surface area (Å²) in [5.74, 6) is 0.449. The summed E-state index contributed by atoms with van der Waals surface area (Å²) in [7, 11) is 0. The first kappa shape index (κ1) is 22.2. The van der Waals surface area contributed by atoms with Crippen LogP contribution >= 0.6 is 11.8 Å². The van der Waals surface area contributed by atoms with Crippen LogP contribution in [0.15, 0.2) is 99.6 Å². The molecule has 3 aromatic carbocycles. The average molecular weight is 455 g/mol. The van der Waals surface area contributed by atoms with Crippen LogP contribution in [0.2, 0.25) is 0 Å². The summed E-state index contributed by atoms with van der Waals surface area (Å²) in [6.07, 6.45) is 5.65. The van der Waals surface area contributed by atoms with Gasteiger partial charge in [0.25, 0.3) is 5.22 Å². The number of aliphatic imine (C=N–C) groups is 1. The van der Waals surface area contributed by atoms with Crippen LogP contribution in [0.4, 0.5) is 11.4 Å². The van der Waals surface area contributed by atoms with Gasteiger partial charge in [-0.05, 0) is 60.5 Å². The molecule has 1 heterocycles. The van der Waals surface area contributed by atoms with Gasteiger partial charge in [0.1, 0.15) is 0 Å². The highest BCUT2D eigenvalue weighted by Crippen LogP contribution is 2.25. The maximum atomic E-state index is 12.2. The van der Waals surface area contributed by atoms with Crippen LogP contribution in [0, 0.1) is 6.92 Å². The number of aromatic nitrogens is 2. The molecule has 6 nitrogen and oxygen atoms in total. The average Bonchev–Trinajstić information content (AvgIpc) is 3.31. The summed E-state index contributed by atoms with van der Waals surface area (Å²) in [5, 5.41) is 11.3. The first-order valence-corrected chi connectivity index (χ1v) is 11.3. The van der Waals surface area contributed by atoms with Crippen molar-refractivity contribution in [1.29, 1.82) is 0 Å². The molecule has 0 aliphatic rings. The van der Waals surface area contributed by atoms with Gasteiger partial charge >= 0.3 is 0 Å². The van der Waals surface area contributed by atoms with Gasteiger partial charge in [-0.15, -0.1) is 10.2 Å². The molecule has 0 aliphatic heterocycles. The van der Waals surface area contributed by atoms with Crippen molar-refractivity contribution in [2.75, 3.05) is 11.1 Å². The number of hydrogen-bond donors (Lipinski definition) is 1. The van der Waals surface area contributed by atoms with Gasteiger partial charge in [0, 0.05) is 17.5 Å². The highest BCUT2D eigenvalue weighted by molar-refractivity contribution is 7.99. The van der Waals surface area contributed by atoms with E-state index < -0.39 is 0 Å². The van der Waals surface area contributed by atoms with E-state index in [1.54, 1.807) is 6.21 Å². The summed E-state index contributed by atoms with van der Waals surface area (Å²) in [4.78, 5) is 16.6. The molecule has 164 valence electrons. The van der Waals surface area contributed by atoms with Crippen LogP contribution in [0.5, 0.6) is 0 Å². The largest absolute Gasteiger partial charge is 0.411 e. The van der Waals surface area contributed by atoms with Crippen molar-refractivity contribution in [3.63, 3.8) is 0 Å². The normalized spacial score (nSPS) is 11.3. The molecule has 4 rings (SSSR count). The van der Waals surface area contributed by atoms with Crippen molar-refractivity contribution in [2.24, 2.45) is 4.99 Å². The number of carbonyl (C=O) groups excluding carboxylic acids is 1. The van der Waals surface area contributed by atoms with Crippen molar-refractivity contribution in [1.82, 2.24) is 10.2 Å². The van der Waals surface area contributed by atoms with E-state index in [1.807, 2.05) is 97.9 Å². The highest BCUT2D eigenvalue weighted by Gasteiger charge is 2.11. The maximum absolute atomic E-state index is 12.2. The van der Waals surface area contributed by atoms with Crippen molar-refractivity contribution < 1.29 is 9.21 Å². The number of benzene rings is 3. The van der Waals surface area contributed by atoms with Crippen LogP contribution in [0.3, 0.4) is 0 Å².